The third-order valence-electron chi connectivity index (χ3n) is 3.29. The Bertz CT molecular complexity index is 292. The fourth-order valence-corrected chi connectivity index (χ4v) is 2.51. The van der Waals surface area contributed by atoms with E-state index < -0.39 is 0 Å². The quantitative estimate of drug-likeness (QED) is 0.798. The second-order valence-electron chi connectivity index (χ2n) is 4.30. The molecule has 0 radical (unpaired) electrons. The predicted octanol–water partition coefficient (Wildman–Crippen LogP) is 2.52. The highest BCUT2D eigenvalue weighted by Crippen LogP contribution is 2.28. The van der Waals surface area contributed by atoms with Crippen molar-refractivity contribution in [3.63, 3.8) is 0 Å². The Morgan fingerprint density at radius 3 is 2.93 bits per heavy atom. The summed E-state index contributed by atoms with van der Waals surface area (Å²) in [5.74, 6) is 2.94. The summed E-state index contributed by atoms with van der Waals surface area (Å²) >= 11 is 0. The van der Waals surface area contributed by atoms with E-state index in [0.717, 1.165) is 23.9 Å². The molecule has 0 amide bonds. The maximum absolute atomic E-state index is 5.61. The average molecular weight is 193 g/mol. The number of aryl methyl sites for hydroxylation is 1. The van der Waals surface area contributed by atoms with Gasteiger partial charge in [-0.15, -0.1) is 0 Å². The zero-order valence-corrected chi connectivity index (χ0v) is 9.05. The topological polar surface area (TPSA) is 25.2 Å². The van der Waals surface area contributed by atoms with Crippen LogP contribution in [0.5, 0.6) is 0 Å². The minimum atomic E-state index is 0.695. The van der Waals surface area contributed by atoms with E-state index in [1.165, 1.54) is 19.3 Å². The number of furan rings is 1. The molecule has 2 rings (SSSR count). The molecule has 0 saturated heterocycles. The summed E-state index contributed by atoms with van der Waals surface area (Å²) in [4.78, 5) is 0. The lowest BCUT2D eigenvalue weighted by Gasteiger charge is -2.17. The predicted molar refractivity (Wildman–Crippen MR) is 57.3 cm³/mol. The highest BCUT2D eigenvalue weighted by atomic mass is 16.3. The van der Waals surface area contributed by atoms with Gasteiger partial charge in [0.25, 0.3) is 0 Å². The van der Waals surface area contributed by atoms with Crippen LogP contribution in [0.15, 0.2) is 16.5 Å². The standard InChI is InChI=1S/C12H19NO/c1-9-6-7-11(14-9)8-10-4-3-5-12(10)13-2/h6-7,10,12-13H,3-5,8H2,1-2H3. The van der Waals surface area contributed by atoms with Crippen molar-refractivity contribution in [3.8, 4) is 0 Å². The third kappa shape index (κ3) is 2.01. The maximum atomic E-state index is 5.61. The molecule has 1 aliphatic rings. The van der Waals surface area contributed by atoms with E-state index in [-0.39, 0.29) is 0 Å². The van der Waals surface area contributed by atoms with Gasteiger partial charge in [-0.1, -0.05) is 6.42 Å². The van der Waals surface area contributed by atoms with Crippen molar-refractivity contribution >= 4 is 0 Å². The van der Waals surface area contributed by atoms with Crippen LogP contribution in [0.25, 0.3) is 0 Å². The monoisotopic (exact) mass is 193 g/mol. The number of rotatable bonds is 3. The van der Waals surface area contributed by atoms with Gasteiger partial charge in [0.05, 0.1) is 0 Å². The lowest BCUT2D eigenvalue weighted by molar-refractivity contribution is 0.379. The largest absolute Gasteiger partial charge is 0.466 e. The molecule has 2 nitrogen and oxygen atoms in total. The molecule has 1 fully saturated rings. The minimum absolute atomic E-state index is 0.695. The Hall–Kier alpha value is -0.760. The molecule has 0 aliphatic heterocycles. The van der Waals surface area contributed by atoms with Gasteiger partial charge in [-0.05, 0) is 44.9 Å². The molecule has 0 aromatic carbocycles. The Labute approximate surface area is 85.7 Å². The first-order valence-electron chi connectivity index (χ1n) is 5.52. The average Bonchev–Trinajstić information content (AvgIpc) is 2.76. The molecule has 1 heterocycles. The normalized spacial score (nSPS) is 27.0. The van der Waals surface area contributed by atoms with Gasteiger partial charge in [-0.25, -0.2) is 0 Å². The fourth-order valence-electron chi connectivity index (χ4n) is 2.51. The molecule has 1 aromatic rings. The van der Waals surface area contributed by atoms with Crippen LogP contribution in [0, 0.1) is 12.8 Å². The molecular weight excluding hydrogens is 174 g/mol. The highest BCUT2D eigenvalue weighted by molar-refractivity contribution is 5.07. The molecule has 1 aromatic heterocycles. The summed E-state index contributed by atoms with van der Waals surface area (Å²) in [5, 5.41) is 3.40. The van der Waals surface area contributed by atoms with Crippen molar-refractivity contribution in [2.24, 2.45) is 5.92 Å². The second-order valence-corrected chi connectivity index (χ2v) is 4.30. The van der Waals surface area contributed by atoms with Crippen LogP contribution >= 0.6 is 0 Å². The summed E-state index contributed by atoms with van der Waals surface area (Å²) in [7, 11) is 2.07. The van der Waals surface area contributed by atoms with Crippen molar-refractivity contribution in [1.82, 2.24) is 5.32 Å². The lowest BCUT2D eigenvalue weighted by Crippen LogP contribution is -2.29. The molecular formula is C12H19NO. The van der Waals surface area contributed by atoms with Gasteiger partial charge in [0.1, 0.15) is 11.5 Å². The van der Waals surface area contributed by atoms with E-state index in [4.69, 9.17) is 4.42 Å². The van der Waals surface area contributed by atoms with E-state index in [0.29, 0.717) is 6.04 Å². The van der Waals surface area contributed by atoms with Crippen molar-refractivity contribution in [1.29, 1.82) is 0 Å². The molecule has 1 saturated carbocycles. The summed E-state index contributed by atoms with van der Waals surface area (Å²) < 4.78 is 5.61. The molecule has 2 unspecified atom stereocenters. The number of hydrogen-bond acceptors (Lipinski definition) is 2. The first kappa shape index (κ1) is 9.78. The van der Waals surface area contributed by atoms with Crippen LogP contribution in [0.4, 0.5) is 0 Å². The summed E-state index contributed by atoms with van der Waals surface area (Å²) in [6.45, 7) is 2.01. The van der Waals surface area contributed by atoms with Crippen LogP contribution < -0.4 is 5.32 Å². The number of nitrogens with one attached hydrogen (secondary N) is 1. The Balaban J connectivity index is 1.96. The van der Waals surface area contributed by atoms with Crippen LogP contribution in [0.3, 0.4) is 0 Å². The SMILES string of the molecule is CNC1CCCC1Cc1ccc(C)o1. The zero-order valence-electron chi connectivity index (χ0n) is 9.05. The van der Waals surface area contributed by atoms with Crippen molar-refractivity contribution in [2.75, 3.05) is 7.05 Å². The maximum Gasteiger partial charge on any atom is 0.104 e. The van der Waals surface area contributed by atoms with Crippen LogP contribution in [0.1, 0.15) is 30.8 Å². The van der Waals surface area contributed by atoms with Gasteiger partial charge in [-0.3, -0.25) is 0 Å². The second kappa shape index (κ2) is 4.18. The van der Waals surface area contributed by atoms with E-state index >= 15 is 0 Å². The van der Waals surface area contributed by atoms with Gasteiger partial charge in [0.15, 0.2) is 0 Å². The summed E-state index contributed by atoms with van der Waals surface area (Å²) in [6, 6.07) is 4.86. The molecule has 78 valence electrons. The molecule has 2 atom stereocenters. The van der Waals surface area contributed by atoms with Crippen molar-refractivity contribution in [2.45, 2.75) is 38.6 Å². The van der Waals surface area contributed by atoms with Gasteiger partial charge in [-0.2, -0.15) is 0 Å². The molecule has 0 bridgehead atoms. The third-order valence-corrected chi connectivity index (χ3v) is 3.29. The lowest BCUT2D eigenvalue weighted by atomic mass is 9.98. The van der Waals surface area contributed by atoms with E-state index in [1.54, 1.807) is 0 Å². The van der Waals surface area contributed by atoms with Crippen LogP contribution in [0.2, 0.25) is 0 Å². The van der Waals surface area contributed by atoms with Gasteiger partial charge >= 0.3 is 0 Å². The van der Waals surface area contributed by atoms with E-state index in [1.807, 2.05) is 6.92 Å². The summed E-state index contributed by atoms with van der Waals surface area (Å²) in [6.07, 6.45) is 5.11. The van der Waals surface area contributed by atoms with E-state index in [9.17, 15) is 0 Å². The molecule has 1 N–H and O–H groups in total. The first-order chi connectivity index (χ1) is 6.79. The number of hydrogen-bond donors (Lipinski definition) is 1. The molecule has 14 heavy (non-hydrogen) atoms. The highest BCUT2D eigenvalue weighted by Gasteiger charge is 2.26. The van der Waals surface area contributed by atoms with Crippen LogP contribution in [-0.4, -0.2) is 13.1 Å². The Kier molecular flexibility index (Phi) is 2.92. The van der Waals surface area contributed by atoms with Crippen molar-refractivity contribution in [3.05, 3.63) is 23.7 Å². The zero-order chi connectivity index (χ0) is 9.97. The molecule has 2 heteroatoms. The molecule has 0 spiro atoms. The van der Waals surface area contributed by atoms with Crippen LogP contribution in [-0.2, 0) is 6.42 Å². The fraction of sp³-hybridized carbons (Fsp3) is 0.667. The Morgan fingerprint density at radius 1 is 1.43 bits per heavy atom. The first-order valence-corrected chi connectivity index (χ1v) is 5.52. The molecule has 1 aliphatic carbocycles. The minimum Gasteiger partial charge on any atom is -0.466 e. The van der Waals surface area contributed by atoms with E-state index in [2.05, 4.69) is 24.5 Å². The van der Waals surface area contributed by atoms with Gasteiger partial charge in [0.2, 0.25) is 0 Å². The van der Waals surface area contributed by atoms with Gasteiger partial charge < -0.3 is 9.73 Å². The Morgan fingerprint density at radius 2 is 2.29 bits per heavy atom. The smallest absolute Gasteiger partial charge is 0.104 e. The summed E-state index contributed by atoms with van der Waals surface area (Å²) in [5.41, 5.74) is 0. The van der Waals surface area contributed by atoms with Gasteiger partial charge in [0, 0.05) is 12.5 Å². The van der Waals surface area contributed by atoms with Crippen molar-refractivity contribution < 1.29 is 4.42 Å².